The van der Waals surface area contributed by atoms with Crippen molar-refractivity contribution in [2.24, 2.45) is 0 Å². The first kappa shape index (κ1) is 11.8. The molecule has 1 aromatic carbocycles. The smallest absolute Gasteiger partial charge is 0.269 e. The average Bonchev–Trinajstić information content (AvgIpc) is 2.38. The number of carbonyl (C=O) groups is 1. The van der Waals surface area contributed by atoms with E-state index in [0.717, 1.165) is 0 Å². The third-order valence-electron chi connectivity index (χ3n) is 2.55. The van der Waals surface area contributed by atoms with Gasteiger partial charge in [0.1, 0.15) is 5.70 Å². The van der Waals surface area contributed by atoms with Gasteiger partial charge in [0, 0.05) is 30.9 Å². The number of rotatable bonds is 3. The van der Waals surface area contributed by atoms with E-state index in [9.17, 15) is 14.9 Å². The number of allylic oxidation sites excluding steroid dienone is 3. The summed E-state index contributed by atoms with van der Waals surface area (Å²) >= 11 is 0. The molecule has 1 aromatic rings. The highest BCUT2D eigenvalue weighted by atomic mass is 16.6. The highest BCUT2D eigenvalue weighted by molar-refractivity contribution is 6.08. The number of nitro benzene ring substituents is 1. The molecule has 1 N–H and O–H groups in total. The fourth-order valence-corrected chi connectivity index (χ4v) is 1.59. The Hall–Kier alpha value is -2.63. The van der Waals surface area contributed by atoms with Gasteiger partial charge in [0.2, 0.25) is 5.78 Å². The molecule has 18 heavy (non-hydrogen) atoms. The van der Waals surface area contributed by atoms with Crippen LogP contribution >= 0.6 is 0 Å². The van der Waals surface area contributed by atoms with Gasteiger partial charge in [0.15, 0.2) is 0 Å². The third kappa shape index (κ3) is 2.22. The minimum absolute atomic E-state index is 0.0319. The maximum absolute atomic E-state index is 12.1. The van der Waals surface area contributed by atoms with E-state index in [0.29, 0.717) is 11.3 Å². The summed E-state index contributed by atoms with van der Waals surface area (Å²) in [5, 5.41) is 12.1. The number of hydrogen-bond donors (Lipinski definition) is 1. The summed E-state index contributed by atoms with van der Waals surface area (Å²) < 4.78 is 0. The molecule has 0 amide bonds. The molecule has 1 aliphatic rings. The number of non-ortho nitro benzene ring substituents is 1. The first-order valence-electron chi connectivity index (χ1n) is 5.25. The maximum atomic E-state index is 12.1. The molecule has 0 atom stereocenters. The number of benzene rings is 1. The van der Waals surface area contributed by atoms with Crippen LogP contribution in [-0.4, -0.2) is 22.8 Å². The van der Waals surface area contributed by atoms with Crippen molar-refractivity contribution in [2.45, 2.75) is 0 Å². The molecular weight excluding hydrogens is 234 g/mol. The molecule has 92 valence electrons. The summed E-state index contributed by atoms with van der Waals surface area (Å²) in [6.07, 6.45) is 5.10. The van der Waals surface area contributed by atoms with Crippen LogP contribution in [0.25, 0.3) is 0 Å². The van der Waals surface area contributed by atoms with Crippen molar-refractivity contribution < 1.29 is 9.72 Å². The molecular formula is C12H11N3O3. The van der Waals surface area contributed by atoms with Crippen LogP contribution in [0, 0.1) is 10.1 Å². The quantitative estimate of drug-likeness (QED) is 0.497. The molecule has 0 spiro atoms. The number of likely N-dealkylation sites (N-methyl/N-ethyl adjacent to an activating group) is 1. The van der Waals surface area contributed by atoms with Crippen molar-refractivity contribution in [3.8, 4) is 0 Å². The Bertz CT molecular complexity index is 546. The van der Waals surface area contributed by atoms with E-state index < -0.39 is 4.92 Å². The standard InChI is InChI=1S/C12H11N3O3/c1-14-11(3-2-8-13-14)12(16)9-4-6-10(7-5-9)15(17)18/h2-8,13H,1H3. The SMILES string of the molecule is CN1NC=CC=C1C(=O)c1ccc([N+](=O)[O-])cc1. The summed E-state index contributed by atoms with van der Waals surface area (Å²) in [7, 11) is 1.72. The minimum atomic E-state index is -0.495. The van der Waals surface area contributed by atoms with Crippen molar-refractivity contribution in [1.82, 2.24) is 10.4 Å². The fourth-order valence-electron chi connectivity index (χ4n) is 1.59. The normalized spacial score (nSPS) is 13.8. The molecule has 2 rings (SSSR count). The second-order valence-corrected chi connectivity index (χ2v) is 3.73. The lowest BCUT2D eigenvalue weighted by atomic mass is 10.1. The summed E-state index contributed by atoms with van der Waals surface area (Å²) in [5.41, 5.74) is 3.73. The number of Topliss-reactive ketones (excluding diaryl/α,β-unsaturated/α-hetero) is 1. The van der Waals surface area contributed by atoms with E-state index >= 15 is 0 Å². The summed E-state index contributed by atoms with van der Waals surface area (Å²) in [6.45, 7) is 0. The lowest BCUT2D eigenvalue weighted by Gasteiger charge is -2.23. The van der Waals surface area contributed by atoms with Gasteiger partial charge in [-0.2, -0.15) is 0 Å². The Labute approximate surface area is 103 Å². The largest absolute Gasteiger partial charge is 0.306 e. The van der Waals surface area contributed by atoms with Crippen LogP contribution in [0.3, 0.4) is 0 Å². The van der Waals surface area contributed by atoms with Gasteiger partial charge in [-0.3, -0.25) is 19.9 Å². The number of hydrazine groups is 1. The summed E-state index contributed by atoms with van der Waals surface area (Å²) in [6, 6.07) is 5.54. The van der Waals surface area contributed by atoms with Gasteiger partial charge in [0.05, 0.1) is 4.92 Å². The predicted octanol–water partition coefficient (Wildman–Crippen LogP) is 1.63. The minimum Gasteiger partial charge on any atom is -0.306 e. The van der Waals surface area contributed by atoms with Crippen LogP contribution in [0.5, 0.6) is 0 Å². The fraction of sp³-hybridized carbons (Fsp3) is 0.0833. The van der Waals surface area contributed by atoms with E-state index in [2.05, 4.69) is 5.43 Å². The topological polar surface area (TPSA) is 75.5 Å². The number of ketones is 1. The Morgan fingerprint density at radius 2 is 2.00 bits per heavy atom. The highest BCUT2D eigenvalue weighted by Crippen LogP contribution is 2.16. The summed E-state index contributed by atoms with van der Waals surface area (Å²) in [4.78, 5) is 22.2. The molecule has 0 aliphatic carbocycles. The van der Waals surface area contributed by atoms with E-state index in [1.165, 1.54) is 24.3 Å². The molecule has 0 aromatic heterocycles. The maximum Gasteiger partial charge on any atom is 0.269 e. The molecule has 0 unspecified atom stereocenters. The zero-order chi connectivity index (χ0) is 13.1. The number of nitro groups is 1. The second kappa shape index (κ2) is 4.70. The van der Waals surface area contributed by atoms with Gasteiger partial charge in [0.25, 0.3) is 5.69 Å². The van der Waals surface area contributed by atoms with Crippen molar-refractivity contribution in [1.29, 1.82) is 0 Å². The lowest BCUT2D eigenvalue weighted by molar-refractivity contribution is -0.384. The Balaban J connectivity index is 2.26. The average molecular weight is 245 g/mol. The predicted molar refractivity (Wildman–Crippen MR) is 65.5 cm³/mol. The van der Waals surface area contributed by atoms with Crippen molar-refractivity contribution in [3.05, 3.63) is 64.0 Å². The Morgan fingerprint density at radius 3 is 2.56 bits per heavy atom. The highest BCUT2D eigenvalue weighted by Gasteiger charge is 2.17. The number of carbonyl (C=O) groups excluding carboxylic acids is 1. The van der Waals surface area contributed by atoms with Crippen LogP contribution in [0.15, 0.2) is 48.3 Å². The second-order valence-electron chi connectivity index (χ2n) is 3.73. The van der Waals surface area contributed by atoms with Gasteiger partial charge in [-0.05, 0) is 24.3 Å². The van der Waals surface area contributed by atoms with Crippen LogP contribution < -0.4 is 5.43 Å². The third-order valence-corrected chi connectivity index (χ3v) is 2.55. The van der Waals surface area contributed by atoms with E-state index in [1.807, 2.05) is 0 Å². The number of nitrogens with zero attached hydrogens (tertiary/aromatic N) is 2. The van der Waals surface area contributed by atoms with Crippen molar-refractivity contribution in [2.75, 3.05) is 7.05 Å². The van der Waals surface area contributed by atoms with Crippen LogP contribution in [0.2, 0.25) is 0 Å². The molecule has 1 heterocycles. The van der Waals surface area contributed by atoms with E-state index in [4.69, 9.17) is 0 Å². The molecule has 0 bridgehead atoms. The van der Waals surface area contributed by atoms with Gasteiger partial charge in [-0.1, -0.05) is 0 Å². The van der Waals surface area contributed by atoms with Gasteiger partial charge >= 0.3 is 0 Å². The van der Waals surface area contributed by atoms with Gasteiger partial charge in [-0.25, -0.2) is 0 Å². The first-order valence-corrected chi connectivity index (χ1v) is 5.25. The molecule has 6 heteroatoms. The van der Waals surface area contributed by atoms with E-state index in [1.54, 1.807) is 30.4 Å². The summed E-state index contributed by atoms with van der Waals surface area (Å²) in [5.74, 6) is -0.191. The Morgan fingerprint density at radius 1 is 1.33 bits per heavy atom. The van der Waals surface area contributed by atoms with Gasteiger partial charge in [-0.15, -0.1) is 0 Å². The van der Waals surface area contributed by atoms with Gasteiger partial charge < -0.3 is 5.43 Å². The monoisotopic (exact) mass is 245 g/mol. The molecule has 0 fully saturated rings. The Kier molecular flexibility index (Phi) is 3.09. The number of hydrogen-bond acceptors (Lipinski definition) is 5. The molecule has 0 saturated carbocycles. The molecule has 6 nitrogen and oxygen atoms in total. The number of nitrogens with one attached hydrogen (secondary N) is 1. The van der Waals surface area contributed by atoms with Crippen LogP contribution in [-0.2, 0) is 0 Å². The lowest BCUT2D eigenvalue weighted by Crippen LogP contribution is -2.34. The zero-order valence-corrected chi connectivity index (χ0v) is 9.66. The van der Waals surface area contributed by atoms with Crippen LogP contribution in [0.4, 0.5) is 5.69 Å². The van der Waals surface area contributed by atoms with Crippen molar-refractivity contribution >= 4 is 11.5 Å². The first-order chi connectivity index (χ1) is 8.59. The van der Waals surface area contributed by atoms with Crippen LogP contribution in [0.1, 0.15) is 10.4 Å². The van der Waals surface area contributed by atoms with Crippen molar-refractivity contribution in [3.63, 3.8) is 0 Å². The molecule has 0 radical (unpaired) electrons. The molecule has 1 aliphatic heterocycles. The molecule has 0 saturated heterocycles. The van der Waals surface area contributed by atoms with E-state index in [-0.39, 0.29) is 11.5 Å². The zero-order valence-electron chi connectivity index (χ0n) is 9.66.